The topological polar surface area (TPSA) is 0 Å². The van der Waals surface area contributed by atoms with Crippen molar-refractivity contribution >= 4 is 11.6 Å². The zero-order chi connectivity index (χ0) is 10.0. The molecule has 0 saturated heterocycles. The van der Waals surface area contributed by atoms with Crippen LogP contribution in [0.15, 0.2) is 12.1 Å². The van der Waals surface area contributed by atoms with Gasteiger partial charge in [0.1, 0.15) is 5.82 Å². The summed E-state index contributed by atoms with van der Waals surface area (Å²) in [5.41, 5.74) is 1.81. The Kier molecular flexibility index (Phi) is 3.32. The highest BCUT2D eigenvalue weighted by Crippen LogP contribution is 2.26. The van der Waals surface area contributed by atoms with Crippen molar-refractivity contribution in [3.63, 3.8) is 0 Å². The zero-order valence-electron chi connectivity index (χ0n) is 8.20. The molecule has 0 aliphatic heterocycles. The van der Waals surface area contributed by atoms with E-state index in [0.29, 0.717) is 5.56 Å². The van der Waals surface area contributed by atoms with Crippen LogP contribution in [0, 0.1) is 5.82 Å². The van der Waals surface area contributed by atoms with Crippen LogP contribution in [0.4, 0.5) is 4.39 Å². The fourth-order valence-electron chi connectivity index (χ4n) is 1.29. The molecule has 0 atom stereocenters. The normalized spacial score (nSPS) is 10.9. The minimum atomic E-state index is -0.270. The fraction of sp³-hybridized carbons (Fsp3) is 0.455. The molecule has 1 rings (SSSR count). The average molecular weight is 201 g/mol. The summed E-state index contributed by atoms with van der Waals surface area (Å²) in [6.45, 7) is 5.97. The van der Waals surface area contributed by atoms with E-state index < -0.39 is 0 Å². The second-order valence-corrected chi connectivity index (χ2v) is 3.90. The average Bonchev–Trinajstić information content (AvgIpc) is 2.09. The first-order valence-electron chi connectivity index (χ1n) is 4.54. The van der Waals surface area contributed by atoms with E-state index in [1.165, 1.54) is 0 Å². The maximum Gasteiger partial charge on any atom is 0.145 e. The minimum Gasteiger partial charge on any atom is -0.205 e. The van der Waals surface area contributed by atoms with Gasteiger partial charge in [-0.15, -0.1) is 0 Å². The van der Waals surface area contributed by atoms with Gasteiger partial charge in [0.2, 0.25) is 0 Å². The van der Waals surface area contributed by atoms with Crippen molar-refractivity contribution in [2.75, 3.05) is 0 Å². The van der Waals surface area contributed by atoms with E-state index in [2.05, 4.69) is 0 Å². The molecular formula is C11H14ClF. The highest BCUT2D eigenvalue weighted by molar-refractivity contribution is 6.30. The van der Waals surface area contributed by atoms with E-state index in [9.17, 15) is 4.39 Å². The van der Waals surface area contributed by atoms with E-state index in [-0.39, 0.29) is 16.8 Å². The molecule has 0 aliphatic rings. The van der Waals surface area contributed by atoms with Gasteiger partial charge in [0, 0.05) is 0 Å². The second kappa shape index (κ2) is 4.10. The van der Waals surface area contributed by atoms with Crippen LogP contribution in [0.5, 0.6) is 0 Å². The van der Waals surface area contributed by atoms with Gasteiger partial charge in [-0.05, 0) is 29.5 Å². The summed E-state index contributed by atoms with van der Waals surface area (Å²) in [5, 5.41) is 0.239. The van der Waals surface area contributed by atoms with Crippen LogP contribution in [-0.2, 0) is 6.42 Å². The van der Waals surface area contributed by atoms with Gasteiger partial charge < -0.3 is 0 Å². The third-order valence-electron chi connectivity index (χ3n) is 2.15. The predicted molar refractivity (Wildman–Crippen MR) is 54.9 cm³/mol. The van der Waals surface area contributed by atoms with Gasteiger partial charge in [-0.3, -0.25) is 0 Å². The van der Waals surface area contributed by atoms with Crippen LogP contribution in [-0.4, -0.2) is 0 Å². The Morgan fingerprint density at radius 2 is 2.00 bits per heavy atom. The quantitative estimate of drug-likeness (QED) is 0.673. The molecule has 0 radical (unpaired) electrons. The van der Waals surface area contributed by atoms with Gasteiger partial charge in [-0.2, -0.15) is 0 Å². The van der Waals surface area contributed by atoms with Crippen molar-refractivity contribution in [1.29, 1.82) is 0 Å². The molecule has 0 aliphatic carbocycles. The molecule has 0 spiro atoms. The Hall–Kier alpha value is -0.560. The van der Waals surface area contributed by atoms with Gasteiger partial charge in [-0.25, -0.2) is 4.39 Å². The van der Waals surface area contributed by atoms with E-state index in [1.807, 2.05) is 26.8 Å². The summed E-state index contributed by atoms with van der Waals surface area (Å²) < 4.78 is 13.4. The van der Waals surface area contributed by atoms with Crippen LogP contribution in [0.25, 0.3) is 0 Å². The van der Waals surface area contributed by atoms with Crippen molar-refractivity contribution in [3.05, 3.63) is 34.1 Å². The van der Waals surface area contributed by atoms with Crippen molar-refractivity contribution in [1.82, 2.24) is 0 Å². The number of rotatable bonds is 2. The number of hydrogen-bond acceptors (Lipinski definition) is 0. The Bertz CT molecular complexity index is 305. The smallest absolute Gasteiger partial charge is 0.145 e. The number of halogens is 2. The molecule has 72 valence electrons. The van der Waals surface area contributed by atoms with E-state index in [4.69, 9.17) is 11.6 Å². The molecule has 1 aromatic carbocycles. The first-order valence-corrected chi connectivity index (χ1v) is 4.91. The lowest BCUT2D eigenvalue weighted by Crippen LogP contribution is -1.96. The van der Waals surface area contributed by atoms with Gasteiger partial charge in [0.15, 0.2) is 0 Å². The lowest BCUT2D eigenvalue weighted by molar-refractivity contribution is 0.597. The van der Waals surface area contributed by atoms with Crippen molar-refractivity contribution in [3.8, 4) is 0 Å². The zero-order valence-corrected chi connectivity index (χ0v) is 8.95. The van der Waals surface area contributed by atoms with Gasteiger partial charge in [-0.1, -0.05) is 38.4 Å². The first-order chi connectivity index (χ1) is 6.06. The molecule has 0 bridgehead atoms. The molecule has 0 unspecified atom stereocenters. The lowest BCUT2D eigenvalue weighted by Gasteiger charge is -2.10. The third kappa shape index (κ3) is 2.22. The summed E-state index contributed by atoms with van der Waals surface area (Å²) in [7, 11) is 0. The molecule has 0 saturated carbocycles. The van der Waals surface area contributed by atoms with Crippen molar-refractivity contribution in [2.45, 2.75) is 33.1 Å². The molecule has 13 heavy (non-hydrogen) atoms. The summed E-state index contributed by atoms with van der Waals surface area (Å²) in [4.78, 5) is 0. The van der Waals surface area contributed by atoms with Crippen LogP contribution in [0.1, 0.15) is 37.8 Å². The summed E-state index contributed by atoms with van der Waals surface area (Å²) in [6, 6.07) is 3.59. The van der Waals surface area contributed by atoms with Crippen LogP contribution >= 0.6 is 11.6 Å². The molecule has 2 heteroatoms. The Labute approximate surface area is 83.7 Å². The van der Waals surface area contributed by atoms with Crippen LogP contribution < -0.4 is 0 Å². The number of hydrogen-bond donors (Lipinski definition) is 0. The van der Waals surface area contributed by atoms with Crippen LogP contribution in [0.2, 0.25) is 5.02 Å². The minimum absolute atomic E-state index is 0.184. The predicted octanol–water partition coefficient (Wildman–Crippen LogP) is 4.16. The second-order valence-electron chi connectivity index (χ2n) is 3.49. The first kappa shape index (κ1) is 10.5. The molecule has 0 heterocycles. The molecule has 1 aromatic rings. The molecule has 0 fully saturated rings. The molecule has 0 aromatic heterocycles. The maximum absolute atomic E-state index is 13.4. The van der Waals surface area contributed by atoms with E-state index >= 15 is 0 Å². The number of benzene rings is 1. The van der Waals surface area contributed by atoms with Gasteiger partial charge in [0.25, 0.3) is 0 Å². The standard InChI is InChI=1S/C11H14ClF/c1-4-8-5-9(7(2)3)11(13)10(12)6-8/h5-7H,4H2,1-3H3. The highest BCUT2D eigenvalue weighted by atomic mass is 35.5. The summed E-state index contributed by atoms with van der Waals surface area (Å²) in [5.74, 6) is -0.0853. The summed E-state index contributed by atoms with van der Waals surface area (Å²) >= 11 is 5.77. The SMILES string of the molecule is CCc1cc(Cl)c(F)c(C(C)C)c1. The summed E-state index contributed by atoms with van der Waals surface area (Å²) in [6.07, 6.45) is 0.889. The maximum atomic E-state index is 13.4. The van der Waals surface area contributed by atoms with Crippen molar-refractivity contribution in [2.24, 2.45) is 0 Å². The lowest BCUT2D eigenvalue weighted by atomic mass is 9.99. The van der Waals surface area contributed by atoms with E-state index in [0.717, 1.165) is 12.0 Å². The largest absolute Gasteiger partial charge is 0.205 e. The van der Waals surface area contributed by atoms with Crippen molar-refractivity contribution < 1.29 is 4.39 Å². The fourth-order valence-corrected chi connectivity index (χ4v) is 1.54. The molecular weight excluding hydrogens is 187 g/mol. The van der Waals surface area contributed by atoms with E-state index in [1.54, 1.807) is 6.07 Å². The third-order valence-corrected chi connectivity index (χ3v) is 2.42. The molecule has 0 N–H and O–H groups in total. The van der Waals surface area contributed by atoms with Crippen LogP contribution in [0.3, 0.4) is 0 Å². The van der Waals surface area contributed by atoms with Gasteiger partial charge in [0.05, 0.1) is 5.02 Å². The molecule has 0 amide bonds. The van der Waals surface area contributed by atoms with Gasteiger partial charge >= 0.3 is 0 Å². The Morgan fingerprint density at radius 1 is 1.38 bits per heavy atom. The highest BCUT2D eigenvalue weighted by Gasteiger charge is 2.11. The number of aryl methyl sites for hydroxylation is 1. The Balaban J connectivity index is 3.25. The molecule has 0 nitrogen and oxygen atoms in total. The monoisotopic (exact) mass is 200 g/mol. The Morgan fingerprint density at radius 3 is 2.46 bits per heavy atom.